The summed E-state index contributed by atoms with van der Waals surface area (Å²) in [5.74, 6) is 0.448. The molecule has 0 unspecified atom stereocenters. The van der Waals surface area contributed by atoms with E-state index in [9.17, 15) is 4.79 Å². The van der Waals surface area contributed by atoms with Crippen LogP contribution in [0, 0.1) is 0 Å². The summed E-state index contributed by atoms with van der Waals surface area (Å²) < 4.78 is 0. The van der Waals surface area contributed by atoms with Crippen LogP contribution in [0.4, 0.5) is 0 Å². The van der Waals surface area contributed by atoms with E-state index in [1.165, 1.54) is 12.8 Å². The molecule has 2 fully saturated rings. The molecule has 1 N–H and O–H groups in total. The van der Waals surface area contributed by atoms with Crippen LogP contribution >= 0.6 is 0 Å². The van der Waals surface area contributed by atoms with E-state index < -0.39 is 0 Å². The third-order valence-corrected chi connectivity index (χ3v) is 2.48. The number of hydrogen-bond donors (Lipinski definition) is 1. The Morgan fingerprint density at radius 1 is 1.60 bits per heavy atom. The summed E-state index contributed by atoms with van der Waals surface area (Å²) in [5, 5.41) is 3.48. The molecule has 2 rings (SSSR count). The molecular weight excluding hydrogens is 126 g/mol. The van der Waals surface area contributed by atoms with E-state index >= 15 is 0 Å². The van der Waals surface area contributed by atoms with E-state index in [4.69, 9.17) is 0 Å². The van der Waals surface area contributed by atoms with Crippen molar-refractivity contribution in [1.29, 1.82) is 0 Å². The first kappa shape index (κ1) is 6.35. The lowest BCUT2D eigenvalue weighted by Gasteiger charge is -2.27. The molecular formula is C8H13NO. The lowest BCUT2D eigenvalue weighted by atomic mass is 9.97. The van der Waals surface area contributed by atoms with E-state index in [0.29, 0.717) is 11.8 Å². The SMILES string of the molecule is C[C@@H]1CC(=O)CC2(CC2)N1. The number of nitrogens with one attached hydrogen (secondary N) is 1. The lowest BCUT2D eigenvalue weighted by molar-refractivity contribution is -0.121. The highest BCUT2D eigenvalue weighted by Crippen LogP contribution is 2.41. The van der Waals surface area contributed by atoms with Crippen LogP contribution < -0.4 is 5.32 Å². The maximum atomic E-state index is 11.1. The fourth-order valence-electron chi connectivity index (χ4n) is 1.89. The summed E-state index contributed by atoms with van der Waals surface area (Å²) in [4.78, 5) is 11.1. The van der Waals surface area contributed by atoms with Gasteiger partial charge >= 0.3 is 0 Å². The Hall–Kier alpha value is -0.370. The molecule has 2 nitrogen and oxygen atoms in total. The summed E-state index contributed by atoms with van der Waals surface area (Å²) in [6, 6.07) is 0.420. The number of Topliss-reactive ketones (excluding diaryl/α,β-unsaturated/α-hetero) is 1. The molecule has 1 aliphatic carbocycles. The van der Waals surface area contributed by atoms with E-state index in [0.717, 1.165) is 12.8 Å². The van der Waals surface area contributed by atoms with Crippen molar-refractivity contribution in [3.8, 4) is 0 Å². The molecule has 0 aromatic carbocycles. The van der Waals surface area contributed by atoms with Gasteiger partial charge in [-0.2, -0.15) is 0 Å². The van der Waals surface area contributed by atoms with E-state index in [1.54, 1.807) is 0 Å². The number of carbonyl (C=O) groups is 1. The zero-order valence-electron chi connectivity index (χ0n) is 6.31. The Kier molecular flexibility index (Phi) is 1.15. The highest BCUT2D eigenvalue weighted by molar-refractivity contribution is 5.81. The number of hydrogen-bond acceptors (Lipinski definition) is 2. The van der Waals surface area contributed by atoms with Crippen LogP contribution in [0.15, 0.2) is 0 Å². The third kappa shape index (κ3) is 0.966. The van der Waals surface area contributed by atoms with Crippen LogP contribution in [0.3, 0.4) is 0 Å². The van der Waals surface area contributed by atoms with Gasteiger partial charge in [-0.1, -0.05) is 0 Å². The van der Waals surface area contributed by atoms with Crippen LogP contribution in [0.25, 0.3) is 0 Å². The summed E-state index contributed by atoms with van der Waals surface area (Å²) >= 11 is 0. The Morgan fingerprint density at radius 3 is 2.80 bits per heavy atom. The minimum atomic E-state index is 0.273. The Balaban J connectivity index is 2.07. The van der Waals surface area contributed by atoms with Gasteiger partial charge in [0.05, 0.1) is 0 Å². The first-order valence-corrected chi connectivity index (χ1v) is 4.00. The molecule has 0 amide bonds. The Bertz CT molecular complexity index is 172. The second-order valence-electron chi connectivity index (χ2n) is 3.75. The smallest absolute Gasteiger partial charge is 0.136 e. The Morgan fingerprint density at radius 2 is 2.30 bits per heavy atom. The Labute approximate surface area is 61.0 Å². The van der Waals surface area contributed by atoms with Crippen molar-refractivity contribution in [1.82, 2.24) is 5.32 Å². The van der Waals surface area contributed by atoms with Gasteiger partial charge in [-0.3, -0.25) is 4.79 Å². The van der Waals surface area contributed by atoms with Crippen molar-refractivity contribution in [3.63, 3.8) is 0 Å². The van der Waals surface area contributed by atoms with Gasteiger partial charge in [0.25, 0.3) is 0 Å². The van der Waals surface area contributed by atoms with Crippen LogP contribution in [-0.4, -0.2) is 17.4 Å². The zero-order chi connectivity index (χ0) is 7.19. The molecule has 0 aromatic rings. The molecule has 0 aromatic heterocycles. The first-order chi connectivity index (χ1) is 4.70. The van der Waals surface area contributed by atoms with Crippen LogP contribution in [0.1, 0.15) is 32.6 Å². The standard InChI is InChI=1S/C8H13NO/c1-6-4-7(10)5-8(9-6)2-3-8/h6,9H,2-5H2,1H3/t6-/m1/s1. The second-order valence-corrected chi connectivity index (χ2v) is 3.75. The highest BCUT2D eigenvalue weighted by atomic mass is 16.1. The van der Waals surface area contributed by atoms with Crippen molar-refractivity contribution in [2.24, 2.45) is 0 Å². The molecule has 2 heteroatoms. The van der Waals surface area contributed by atoms with Gasteiger partial charge < -0.3 is 5.32 Å². The summed E-state index contributed by atoms with van der Waals surface area (Å²) in [5.41, 5.74) is 0.273. The fourth-order valence-corrected chi connectivity index (χ4v) is 1.89. The fraction of sp³-hybridized carbons (Fsp3) is 0.875. The average Bonchev–Trinajstić information content (AvgIpc) is 2.44. The lowest BCUT2D eigenvalue weighted by Crippen LogP contribution is -2.46. The molecule has 2 aliphatic rings. The summed E-state index contributed by atoms with van der Waals surface area (Å²) in [7, 11) is 0. The normalized spacial score (nSPS) is 36.5. The van der Waals surface area contributed by atoms with Crippen LogP contribution in [0.2, 0.25) is 0 Å². The van der Waals surface area contributed by atoms with Crippen molar-refractivity contribution >= 4 is 5.78 Å². The van der Waals surface area contributed by atoms with Gasteiger partial charge in [-0.25, -0.2) is 0 Å². The zero-order valence-corrected chi connectivity index (χ0v) is 6.31. The van der Waals surface area contributed by atoms with E-state index in [2.05, 4.69) is 12.2 Å². The number of carbonyl (C=O) groups excluding carboxylic acids is 1. The molecule has 1 atom stereocenters. The van der Waals surface area contributed by atoms with E-state index in [-0.39, 0.29) is 5.54 Å². The maximum Gasteiger partial charge on any atom is 0.136 e. The minimum Gasteiger partial charge on any atom is -0.308 e. The number of rotatable bonds is 0. The largest absolute Gasteiger partial charge is 0.308 e. The van der Waals surface area contributed by atoms with Crippen molar-refractivity contribution in [3.05, 3.63) is 0 Å². The van der Waals surface area contributed by atoms with Crippen molar-refractivity contribution < 1.29 is 4.79 Å². The number of piperidine rings is 1. The second kappa shape index (κ2) is 1.82. The van der Waals surface area contributed by atoms with Gasteiger partial charge in [0.1, 0.15) is 5.78 Å². The van der Waals surface area contributed by atoms with Crippen LogP contribution in [-0.2, 0) is 4.79 Å². The summed E-state index contributed by atoms with van der Waals surface area (Å²) in [6.07, 6.45) is 3.95. The summed E-state index contributed by atoms with van der Waals surface area (Å²) in [6.45, 7) is 2.09. The maximum absolute atomic E-state index is 11.1. The predicted octanol–water partition coefficient (Wildman–Crippen LogP) is 0.860. The van der Waals surface area contributed by atoms with Gasteiger partial charge in [-0.05, 0) is 19.8 Å². The van der Waals surface area contributed by atoms with Gasteiger partial charge in [-0.15, -0.1) is 0 Å². The molecule has 1 spiro atoms. The molecule has 0 radical (unpaired) electrons. The van der Waals surface area contributed by atoms with Crippen LogP contribution in [0.5, 0.6) is 0 Å². The first-order valence-electron chi connectivity index (χ1n) is 4.00. The van der Waals surface area contributed by atoms with Crippen molar-refractivity contribution in [2.75, 3.05) is 0 Å². The predicted molar refractivity (Wildman–Crippen MR) is 38.8 cm³/mol. The third-order valence-electron chi connectivity index (χ3n) is 2.48. The molecule has 10 heavy (non-hydrogen) atoms. The minimum absolute atomic E-state index is 0.273. The molecule has 56 valence electrons. The number of ketones is 1. The molecule has 1 heterocycles. The van der Waals surface area contributed by atoms with Gasteiger partial charge in [0, 0.05) is 24.4 Å². The molecule has 0 bridgehead atoms. The molecule has 1 aliphatic heterocycles. The van der Waals surface area contributed by atoms with Crippen molar-refractivity contribution in [2.45, 2.75) is 44.2 Å². The molecule has 1 saturated carbocycles. The quantitative estimate of drug-likeness (QED) is 0.539. The van der Waals surface area contributed by atoms with Gasteiger partial charge in [0.15, 0.2) is 0 Å². The topological polar surface area (TPSA) is 29.1 Å². The average molecular weight is 139 g/mol. The van der Waals surface area contributed by atoms with E-state index in [1.807, 2.05) is 0 Å². The van der Waals surface area contributed by atoms with Gasteiger partial charge in [0.2, 0.25) is 0 Å². The highest BCUT2D eigenvalue weighted by Gasteiger charge is 2.47. The molecule has 1 saturated heterocycles. The monoisotopic (exact) mass is 139 g/mol.